The average molecular weight is 369 g/mol. The van der Waals surface area contributed by atoms with E-state index in [0.717, 1.165) is 11.3 Å². The number of anilines is 1. The van der Waals surface area contributed by atoms with E-state index in [1.807, 2.05) is 54.6 Å². The smallest absolute Gasteiger partial charge is 0.291 e. The van der Waals surface area contributed by atoms with Gasteiger partial charge in [0.05, 0.1) is 5.69 Å². The summed E-state index contributed by atoms with van der Waals surface area (Å²) in [5, 5.41) is 2.81. The Balaban J connectivity index is 1.72. The number of hydrogen-bond acceptors (Lipinski definition) is 3. The molecule has 2 heterocycles. The number of hydrogen-bond donors (Lipinski definition) is 1. The van der Waals surface area contributed by atoms with Gasteiger partial charge in [-0.2, -0.15) is 0 Å². The van der Waals surface area contributed by atoms with Crippen LogP contribution < -0.4 is 5.32 Å². The zero-order valence-corrected chi connectivity index (χ0v) is 13.7. The Morgan fingerprint density at radius 3 is 2.74 bits per heavy atom. The number of nitrogens with one attached hydrogen (secondary N) is 1. The molecule has 0 saturated heterocycles. The van der Waals surface area contributed by atoms with Gasteiger partial charge in [-0.3, -0.25) is 9.78 Å². The van der Waals surface area contributed by atoms with Crippen molar-refractivity contribution in [3.05, 3.63) is 82.5 Å². The van der Waals surface area contributed by atoms with Crippen molar-refractivity contribution in [1.82, 2.24) is 4.98 Å². The predicted octanol–water partition coefficient (Wildman–Crippen LogP) is 4.86. The Labute approximate surface area is 142 Å². The second kappa shape index (κ2) is 7.07. The summed E-state index contributed by atoms with van der Waals surface area (Å²) in [4.78, 5) is 16.3. The minimum absolute atomic E-state index is 0.256. The fraction of sp³-hybridized carbons (Fsp3) is 0. The van der Waals surface area contributed by atoms with Gasteiger partial charge in [-0.15, -0.1) is 0 Å². The quantitative estimate of drug-likeness (QED) is 0.715. The highest BCUT2D eigenvalue weighted by atomic mass is 79.9. The SMILES string of the molecule is O=C(Nc1cccc(C=Cc2ccccn2)c1)c1ccc(Br)o1. The van der Waals surface area contributed by atoms with Crippen molar-refractivity contribution in [1.29, 1.82) is 0 Å². The molecule has 0 spiro atoms. The van der Waals surface area contributed by atoms with Gasteiger partial charge in [-0.1, -0.05) is 24.3 Å². The number of amides is 1. The van der Waals surface area contributed by atoms with Crippen LogP contribution in [0.25, 0.3) is 12.2 Å². The molecule has 0 fully saturated rings. The number of halogens is 1. The standard InChI is InChI=1S/C18H13BrN2O2/c19-17-10-9-16(23-17)18(22)21-15-6-3-4-13(12-15)7-8-14-5-1-2-11-20-14/h1-12H,(H,21,22). The highest BCUT2D eigenvalue weighted by Crippen LogP contribution is 2.17. The maximum absolute atomic E-state index is 12.1. The van der Waals surface area contributed by atoms with E-state index in [4.69, 9.17) is 4.42 Å². The third-order valence-electron chi connectivity index (χ3n) is 3.08. The van der Waals surface area contributed by atoms with Crippen LogP contribution in [0.1, 0.15) is 21.8 Å². The van der Waals surface area contributed by atoms with Gasteiger partial charge >= 0.3 is 0 Å². The van der Waals surface area contributed by atoms with Gasteiger partial charge in [0.25, 0.3) is 5.91 Å². The van der Waals surface area contributed by atoms with Crippen molar-refractivity contribution < 1.29 is 9.21 Å². The van der Waals surface area contributed by atoms with Crippen LogP contribution >= 0.6 is 15.9 Å². The first-order chi connectivity index (χ1) is 11.2. The maximum atomic E-state index is 12.1. The number of benzene rings is 1. The van der Waals surface area contributed by atoms with E-state index in [1.54, 1.807) is 18.3 Å². The molecule has 0 bridgehead atoms. The molecule has 1 amide bonds. The van der Waals surface area contributed by atoms with E-state index in [2.05, 4.69) is 26.2 Å². The number of carbonyl (C=O) groups excluding carboxylic acids is 1. The number of nitrogens with zero attached hydrogens (tertiary/aromatic N) is 1. The van der Waals surface area contributed by atoms with Gasteiger partial charge in [0.1, 0.15) is 0 Å². The minimum Gasteiger partial charge on any atom is -0.444 e. The summed E-state index contributed by atoms with van der Waals surface area (Å²) in [5.74, 6) is -0.0344. The number of aromatic nitrogens is 1. The van der Waals surface area contributed by atoms with Crippen LogP contribution in [0.3, 0.4) is 0 Å². The first-order valence-corrected chi connectivity index (χ1v) is 7.76. The van der Waals surface area contributed by atoms with Gasteiger partial charge < -0.3 is 9.73 Å². The van der Waals surface area contributed by atoms with Crippen LogP contribution in [0, 0.1) is 0 Å². The first kappa shape index (κ1) is 15.2. The molecule has 0 atom stereocenters. The van der Waals surface area contributed by atoms with Crippen LogP contribution in [0.4, 0.5) is 5.69 Å². The van der Waals surface area contributed by atoms with E-state index in [9.17, 15) is 4.79 Å². The van der Waals surface area contributed by atoms with E-state index in [-0.39, 0.29) is 11.7 Å². The third-order valence-corrected chi connectivity index (χ3v) is 3.50. The lowest BCUT2D eigenvalue weighted by atomic mass is 10.1. The van der Waals surface area contributed by atoms with Crippen molar-refractivity contribution in [2.75, 3.05) is 5.32 Å². The molecule has 0 aliphatic rings. The summed E-state index contributed by atoms with van der Waals surface area (Å²) < 4.78 is 5.76. The molecule has 23 heavy (non-hydrogen) atoms. The van der Waals surface area contributed by atoms with Crippen molar-refractivity contribution in [2.24, 2.45) is 0 Å². The zero-order valence-electron chi connectivity index (χ0n) is 12.1. The molecule has 0 aliphatic carbocycles. The van der Waals surface area contributed by atoms with Crippen LogP contribution in [-0.2, 0) is 0 Å². The first-order valence-electron chi connectivity index (χ1n) is 6.96. The molecule has 1 N–H and O–H groups in total. The normalized spacial score (nSPS) is 10.8. The molecule has 0 aliphatic heterocycles. The minimum atomic E-state index is -0.290. The lowest BCUT2D eigenvalue weighted by Crippen LogP contribution is -2.10. The maximum Gasteiger partial charge on any atom is 0.291 e. The predicted molar refractivity (Wildman–Crippen MR) is 94.0 cm³/mol. The zero-order chi connectivity index (χ0) is 16.1. The van der Waals surface area contributed by atoms with Crippen molar-refractivity contribution in [3.63, 3.8) is 0 Å². The molecule has 3 rings (SSSR count). The van der Waals surface area contributed by atoms with Crippen molar-refractivity contribution in [3.8, 4) is 0 Å². The molecular formula is C18H13BrN2O2. The highest BCUT2D eigenvalue weighted by molar-refractivity contribution is 9.10. The van der Waals surface area contributed by atoms with Crippen LogP contribution in [-0.4, -0.2) is 10.9 Å². The fourth-order valence-corrected chi connectivity index (χ4v) is 2.31. The lowest BCUT2D eigenvalue weighted by Gasteiger charge is -2.04. The summed E-state index contributed by atoms with van der Waals surface area (Å²) in [7, 11) is 0. The van der Waals surface area contributed by atoms with E-state index < -0.39 is 0 Å². The molecule has 0 unspecified atom stereocenters. The van der Waals surface area contributed by atoms with Crippen LogP contribution in [0.5, 0.6) is 0 Å². The molecule has 0 saturated carbocycles. The van der Waals surface area contributed by atoms with Gasteiger partial charge in [-0.25, -0.2) is 0 Å². The molecule has 114 valence electrons. The highest BCUT2D eigenvalue weighted by Gasteiger charge is 2.10. The monoisotopic (exact) mass is 368 g/mol. The lowest BCUT2D eigenvalue weighted by molar-refractivity contribution is 0.0995. The molecule has 0 radical (unpaired) electrons. The van der Waals surface area contributed by atoms with E-state index in [1.165, 1.54) is 0 Å². The van der Waals surface area contributed by atoms with Crippen LogP contribution in [0.2, 0.25) is 0 Å². The number of carbonyl (C=O) groups is 1. The van der Waals surface area contributed by atoms with Gasteiger partial charge in [0.15, 0.2) is 10.4 Å². The Morgan fingerprint density at radius 2 is 2.00 bits per heavy atom. The van der Waals surface area contributed by atoms with Gasteiger partial charge in [0.2, 0.25) is 0 Å². The molecule has 2 aromatic heterocycles. The summed E-state index contributed by atoms with van der Waals surface area (Å²) in [6.07, 6.45) is 5.61. The Bertz CT molecular complexity index is 841. The van der Waals surface area contributed by atoms with Gasteiger partial charge in [0, 0.05) is 11.9 Å². The van der Waals surface area contributed by atoms with E-state index >= 15 is 0 Å². The summed E-state index contributed by atoms with van der Waals surface area (Å²) in [6, 6.07) is 16.6. The Morgan fingerprint density at radius 1 is 1.09 bits per heavy atom. The van der Waals surface area contributed by atoms with Crippen molar-refractivity contribution >= 4 is 39.7 Å². The Kier molecular flexibility index (Phi) is 4.68. The third kappa shape index (κ3) is 4.17. The number of furan rings is 1. The molecule has 4 nitrogen and oxygen atoms in total. The van der Waals surface area contributed by atoms with Crippen LogP contribution in [0.15, 0.2) is 69.9 Å². The average Bonchev–Trinajstić information content (AvgIpc) is 3.01. The molecule has 1 aromatic carbocycles. The fourth-order valence-electron chi connectivity index (χ4n) is 2.01. The Hall–Kier alpha value is -2.66. The second-order valence-corrected chi connectivity index (χ2v) is 5.55. The van der Waals surface area contributed by atoms with Crippen molar-refractivity contribution in [2.45, 2.75) is 0 Å². The number of pyridine rings is 1. The molecular weight excluding hydrogens is 356 g/mol. The summed E-state index contributed by atoms with van der Waals surface area (Å²) in [6.45, 7) is 0. The number of rotatable bonds is 4. The molecule has 5 heteroatoms. The largest absolute Gasteiger partial charge is 0.444 e. The van der Waals surface area contributed by atoms with Gasteiger partial charge in [-0.05, 0) is 64.0 Å². The topological polar surface area (TPSA) is 55.1 Å². The van der Waals surface area contributed by atoms with E-state index in [0.29, 0.717) is 10.4 Å². The summed E-state index contributed by atoms with van der Waals surface area (Å²) in [5.41, 5.74) is 2.54. The summed E-state index contributed by atoms with van der Waals surface area (Å²) >= 11 is 3.18. The second-order valence-electron chi connectivity index (χ2n) is 4.77. The molecule has 3 aromatic rings.